The van der Waals surface area contributed by atoms with Crippen LogP contribution >= 0.6 is 0 Å². The van der Waals surface area contributed by atoms with E-state index in [1.165, 1.54) is 30.3 Å². The third-order valence-corrected chi connectivity index (χ3v) is 4.32. The lowest BCUT2D eigenvalue weighted by molar-refractivity contribution is -0.115. The summed E-state index contributed by atoms with van der Waals surface area (Å²) >= 11 is 0. The minimum Gasteiger partial charge on any atom is -0.322 e. The molecule has 2 rings (SSSR count). The maximum absolute atomic E-state index is 13.4. The first-order valence-electron chi connectivity index (χ1n) is 6.49. The van der Waals surface area contributed by atoms with Crippen LogP contribution in [0.15, 0.2) is 53.4 Å². The van der Waals surface area contributed by atoms with Crippen LogP contribution in [0.5, 0.6) is 0 Å². The zero-order valence-corrected chi connectivity index (χ0v) is 12.7. The van der Waals surface area contributed by atoms with Crippen molar-refractivity contribution in [1.29, 1.82) is 0 Å². The van der Waals surface area contributed by atoms with Crippen LogP contribution in [0.4, 0.5) is 10.1 Å². The van der Waals surface area contributed by atoms with Gasteiger partial charge in [-0.25, -0.2) is 17.5 Å². The molecule has 2 N–H and O–H groups in total. The highest BCUT2D eigenvalue weighted by Crippen LogP contribution is 2.12. The summed E-state index contributed by atoms with van der Waals surface area (Å²) in [6.45, 7) is 1.36. The monoisotopic (exact) mass is 322 g/mol. The Balaban J connectivity index is 1.98. The number of hydrogen-bond donors (Lipinski definition) is 2. The summed E-state index contributed by atoms with van der Waals surface area (Å²) in [6, 6.07) is 11.9. The molecule has 2 aromatic carbocycles. The molecule has 0 aromatic heterocycles. The number of hydrogen-bond acceptors (Lipinski definition) is 3. The molecule has 1 amide bonds. The Morgan fingerprint density at radius 1 is 1.09 bits per heavy atom. The SMILES string of the molecule is Cc1ccc(S(=O)(=O)NCC(=O)Nc2ccccc2F)cc1. The number of carbonyl (C=O) groups is 1. The van der Waals surface area contributed by atoms with Crippen LogP contribution in [0.1, 0.15) is 5.56 Å². The molecule has 0 unspecified atom stereocenters. The van der Waals surface area contributed by atoms with Crippen LogP contribution in [0, 0.1) is 12.7 Å². The summed E-state index contributed by atoms with van der Waals surface area (Å²) in [6.07, 6.45) is 0. The molecular weight excluding hydrogens is 307 g/mol. The van der Waals surface area contributed by atoms with Crippen LogP contribution in [0.25, 0.3) is 0 Å². The summed E-state index contributed by atoms with van der Waals surface area (Å²) in [5.41, 5.74) is 0.929. The second-order valence-corrected chi connectivity index (χ2v) is 6.43. The third-order valence-electron chi connectivity index (χ3n) is 2.90. The molecule has 0 aliphatic heterocycles. The van der Waals surface area contributed by atoms with Crippen LogP contribution in [0.2, 0.25) is 0 Å². The Hall–Kier alpha value is -2.25. The smallest absolute Gasteiger partial charge is 0.241 e. The van der Waals surface area contributed by atoms with E-state index in [-0.39, 0.29) is 10.6 Å². The Bertz CT molecular complexity index is 774. The van der Waals surface area contributed by atoms with Gasteiger partial charge in [0.15, 0.2) is 0 Å². The van der Waals surface area contributed by atoms with E-state index in [2.05, 4.69) is 10.0 Å². The highest BCUT2D eigenvalue weighted by molar-refractivity contribution is 7.89. The van der Waals surface area contributed by atoms with E-state index in [1.807, 2.05) is 6.92 Å². The van der Waals surface area contributed by atoms with Gasteiger partial charge >= 0.3 is 0 Å². The van der Waals surface area contributed by atoms with Gasteiger partial charge < -0.3 is 5.32 Å². The van der Waals surface area contributed by atoms with E-state index in [9.17, 15) is 17.6 Å². The highest BCUT2D eigenvalue weighted by Gasteiger charge is 2.15. The van der Waals surface area contributed by atoms with Crippen molar-refractivity contribution in [2.45, 2.75) is 11.8 Å². The molecule has 0 saturated heterocycles. The van der Waals surface area contributed by atoms with Gasteiger partial charge in [-0.1, -0.05) is 29.8 Å². The molecule has 0 aliphatic rings. The van der Waals surface area contributed by atoms with Gasteiger partial charge in [0.05, 0.1) is 17.1 Å². The predicted molar refractivity (Wildman–Crippen MR) is 81.4 cm³/mol. The number of amides is 1. The molecule has 0 atom stereocenters. The molecule has 0 aliphatic carbocycles. The molecule has 0 fully saturated rings. The van der Waals surface area contributed by atoms with Gasteiger partial charge in [0.2, 0.25) is 15.9 Å². The maximum Gasteiger partial charge on any atom is 0.241 e. The number of benzene rings is 2. The van der Waals surface area contributed by atoms with E-state index >= 15 is 0 Å². The molecule has 22 heavy (non-hydrogen) atoms. The summed E-state index contributed by atoms with van der Waals surface area (Å²) in [4.78, 5) is 11.8. The first kappa shape index (κ1) is 16.1. The average Bonchev–Trinajstić information content (AvgIpc) is 2.48. The normalized spacial score (nSPS) is 11.2. The molecule has 0 heterocycles. The van der Waals surface area contributed by atoms with Gasteiger partial charge in [0.25, 0.3) is 0 Å². The van der Waals surface area contributed by atoms with Crippen LogP contribution in [0.3, 0.4) is 0 Å². The summed E-state index contributed by atoms with van der Waals surface area (Å²) in [5.74, 6) is -1.24. The molecule has 0 radical (unpaired) electrons. The topological polar surface area (TPSA) is 75.3 Å². The molecule has 0 spiro atoms. The van der Waals surface area contributed by atoms with Gasteiger partial charge in [0.1, 0.15) is 5.82 Å². The Morgan fingerprint density at radius 3 is 2.36 bits per heavy atom. The second-order valence-electron chi connectivity index (χ2n) is 4.67. The van der Waals surface area contributed by atoms with Crippen molar-refractivity contribution < 1.29 is 17.6 Å². The molecule has 2 aromatic rings. The quantitative estimate of drug-likeness (QED) is 0.884. The second kappa shape index (κ2) is 6.67. The molecular formula is C15H15FN2O3S. The fourth-order valence-corrected chi connectivity index (χ4v) is 2.70. The van der Waals surface area contributed by atoms with E-state index < -0.39 is 28.3 Å². The summed E-state index contributed by atoms with van der Waals surface area (Å²) in [5, 5.41) is 2.30. The maximum atomic E-state index is 13.4. The minimum atomic E-state index is -3.78. The van der Waals surface area contributed by atoms with Crippen molar-refractivity contribution in [3.05, 3.63) is 59.9 Å². The van der Waals surface area contributed by atoms with Gasteiger partial charge in [-0.15, -0.1) is 0 Å². The van der Waals surface area contributed by atoms with E-state index in [1.54, 1.807) is 18.2 Å². The molecule has 116 valence electrons. The van der Waals surface area contributed by atoms with Crippen molar-refractivity contribution in [2.24, 2.45) is 0 Å². The van der Waals surface area contributed by atoms with E-state index in [0.717, 1.165) is 5.56 Å². The van der Waals surface area contributed by atoms with Crippen molar-refractivity contribution in [2.75, 3.05) is 11.9 Å². The number of sulfonamides is 1. The predicted octanol–water partition coefficient (Wildman–Crippen LogP) is 2.05. The van der Waals surface area contributed by atoms with Crippen molar-refractivity contribution >= 4 is 21.6 Å². The number of halogens is 1. The van der Waals surface area contributed by atoms with Crippen molar-refractivity contribution in [1.82, 2.24) is 4.72 Å². The first-order chi connectivity index (χ1) is 10.4. The zero-order chi connectivity index (χ0) is 16.2. The third kappa shape index (κ3) is 4.12. The fraction of sp³-hybridized carbons (Fsp3) is 0.133. The van der Waals surface area contributed by atoms with Crippen LogP contribution in [-0.4, -0.2) is 20.9 Å². The highest BCUT2D eigenvalue weighted by atomic mass is 32.2. The number of rotatable bonds is 5. The lowest BCUT2D eigenvalue weighted by Crippen LogP contribution is -2.33. The first-order valence-corrected chi connectivity index (χ1v) is 7.97. The van der Waals surface area contributed by atoms with E-state index in [0.29, 0.717) is 0 Å². The van der Waals surface area contributed by atoms with Gasteiger partial charge in [0, 0.05) is 0 Å². The summed E-state index contributed by atoms with van der Waals surface area (Å²) < 4.78 is 39.5. The summed E-state index contributed by atoms with van der Waals surface area (Å²) in [7, 11) is -3.78. The van der Waals surface area contributed by atoms with E-state index in [4.69, 9.17) is 0 Å². The van der Waals surface area contributed by atoms with Crippen LogP contribution in [-0.2, 0) is 14.8 Å². The zero-order valence-electron chi connectivity index (χ0n) is 11.8. The van der Waals surface area contributed by atoms with Gasteiger partial charge in [-0.05, 0) is 31.2 Å². The average molecular weight is 322 g/mol. The number of para-hydroxylation sites is 1. The van der Waals surface area contributed by atoms with Gasteiger partial charge in [-0.3, -0.25) is 4.79 Å². The Kier molecular flexibility index (Phi) is 4.89. The minimum absolute atomic E-state index is 0.00188. The van der Waals surface area contributed by atoms with Crippen LogP contribution < -0.4 is 10.0 Å². The Morgan fingerprint density at radius 2 is 1.73 bits per heavy atom. The number of aryl methyl sites for hydroxylation is 1. The molecule has 7 heteroatoms. The fourth-order valence-electron chi connectivity index (χ4n) is 1.72. The Labute approximate surface area is 128 Å². The molecule has 0 bridgehead atoms. The molecule has 0 saturated carbocycles. The lowest BCUT2D eigenvalue weighted by atomic mass is 10.2. The number of anilines is 1. The number of carbonyl (C=O) groups excluding carboxylic acids is 1. The lowest BCUT2D eigenvalue weighted by Gasteiger charge is -2.08. The van der Waals surface area contributed by atoms with Gasteiger partial charge in [-0.2, -0.15) is 0 Å². The van der Waals surface area contributed by atoms with Crippen molar-refractivity contribution in [3.63, 3.8) is 0 Å². The standard InChI is InChI=1S/C15H15FN2O3S/c1-11-6-8-12(9-7-11)22(20,21)17-10-15(19)18-14-5-3-2-4-13(14)16/h2-9,17H,10H2,1H3,(H,18,19). The largest absolute Gasteiger partial charge is 0.322 e. The molecule has 5 nitrogen and oxygen atoms in total. The number of nitrogens with one attached hydrogen (secondary N) is 2. The van der Waals surface area contributed by atoms with Crippen molar-refractivity contribution in [3.8, 4) is 0 Å².